The standard InChI is InChI=1S/C26H31N5O2/c1-19-3-6-23(7-4-19)31-25(15-20(2)28-31)27-26(32)18-30-12-10-29(11-13-30)17-21-5-8-24-22(16-21)9-14-33-24/h3-8,15-16H,9-14,17-18H2,1-2H3,(H,27,32). The Morgan fingerprint density at radius 3 is 2.55 bits per heavy atom. The summed E-state index contributed by atoms with van der Waals surface area (Å²) in [6.07, 6.45) is 1.01. The van der Waals surface area contributed by atoms with Crippen LogP contribution in [0, 0.1) is 13.8 Å². The Bertz CT molecular complexity index is 1130. The number of hydrogen-bond donors (Lipinski definition) is 1. The number of piperazine rings is 1. The zero-order valence-corrected chi connectivity index (χ0v) is 19.4. The topological polar surface area (TPSA) is 62.6 Å². The van der Waals surface area contributed by atoms with Gasteiger partial charge in [0.25, 0.3) is 0 Å². The molecule has 5 rings (SSSR count). The van der Waals surface area contributed by atoms with Crippen molar-refractivity contribution in [2.45, 2.75) is 26.8 Å². The average Bonchev–Trinajstić information content (AvgIpc) is 3.41. The van der Waals surface area contributed by atoms with Gasteiger partial charge >= 0.3 is 0 Å². The van der Waals surface area contributed by atoms with E-state index in [4.69, 9.17) is 4.74 Å². The predicted molar refractivity (Wildman–Crippen MR) is 129 cm³/mol. The predicted octanol–water partition coefficient (Wildman–Crippen LogP) is 3.18. The summed E-state index contributed by atoms with van der Waals surface area (Å²) in [5, 5.41) is 7.62. The van der Waals surface area contributed by atoms with Crippen molar-refractivity contribution < 1.29 is 9.53 Å². The molecule has 3 aromatic rings. The van der Waals surface area contributed by atoms with E-state index in [2.05, 4.69) is 45.3 Å². The van der Waals surface area contributed by atoms with Gasteiger partial charge in [-0.2, -0.15) is 5.10 Å². The SMILES string of the molecule is Cc1ccc(-n2nc(C)cc2NC(=O)CN2CCN(Cc3ccc4c(c3)CCO4)CC2)cc1. The molecular weight excluding hydrogens is 414 g/mol. The lowest BCUT2D eigenvalue weighted by atomic mass is 10.1. The highest BCUT2D eigenvalue weighted by Crippen LogP contribution is 2.26. The van der Waals surface area contributed by atoms with Gasteiger partial charge in [0.2, 0.25) is 5.91 Å². The summed E-state index contributed by atoms with van der Waals surface area (Å²) in [7, 11) is 0. The van der Waals surface area contributed by atoms with E-state index in [1.54, 1.807) is 4.68 Å². The summed E-state index contributed by atoms with van der Waals surface area (Å²) in [4.78, 5) is 17.5. The van der Waals surface area contributed by atoms with E-state index in [-0.39, 0.29) is 5.91 Å². The number of nitrogens with one attached hydrogen (secondary N) is 1. The van der Waals surface area contributed by atoms with Gasteiger partial charge in [0.1, 0.15) is 11.6 Å². The van der Waals surface area contributed by atoms with Gasteiger partial charge in [-0.25, -0.2) is 4.68 Å². The molecule has 3 heterocycles. The fraction of sp³-hybridized carbons (Fsp3) is 0.385. The molecule has 0 saturated carbocycles. The number of hydrogen-bond acceptors (Lipinski definition) is 5. The Morgan fingerprint density at radius 1 is 1.00 bits per heavy atom. The molecular formula is C26H31N5O2. The van der Waals surface area contributed by atoms with Crippen molar-refractivity contribution in [2.75, 3.05) is 44.6 Å². The molecule has 1 amide bonds. The fourth-order valence-electron chi connectivity index (χ4n) is 4.56. The number of aromatic nitrogens is 2. The summed E-state index contributed by atoms with van der Waals surface area (Å²) in [5.41, 5.74) is 5.67. The number of ether oxygens (including phenoxy) is 1. The van der Waals surface area contributed by atoms with Crippen molar-refractivity contribution in [1.29, 1.82) is 0 Å². The molecule has 0 spiro atoms. The lowest BCUT2D eigenvalue weighted by Crippen LogP contribution is -2.48. The smallest absolute Gasteiger partial charge is 0.239 e. The van der Waals surface area contributed by atoms with Gasteiger partial charge in [0.05, 0.1) is 24.5 Å². The second-order valence-electron chi connectivity index (χ2n) is 9.06. The van der Waals surface area contributed by atoms with Crippen LogP contribution in [-0.4, -0.2) is 64.8 Å². The molecule has 0 bridgehead atoms. The van der Waals surface area contributed by atoms with Crippen molar-refractivity contribution in [3.05, 3.63) is 70.9 Å². The first-order valence-corrected chi connectivity index (χ1v) is 11.7. The van der Waals surface area contributed by atoms with Crippen molar-refractivity contribution in [1.82, 2.24) is 19.6 Å². The monoisotopic (exact) mass is 445 g/mol. The number of aryl methyl sites for hydroxylation is 2. The van der Waals surface area contributed by atoms with Gasteiger partial charge < -0.3 is 10.1 Å². The second kappa shape index (κ2) is 9.37. The van der Waals surface area contributed by atoms with Gasteiger partial charge in [0, 0.05) is 45.2 Å². The number of fused-ring (bicyclic) bond motifs is 1. The Balaban J connectivity index is 1.13. The van der Waals surface area contributed by atoms with E-state index in [1.807, 2.05) is 37.3 Å². The van der Waals surface area contributed by atoms with E-state index >= 15 is 0 Å². The maximum Gasteiger partial charge on any atom is 0.239 e. The maximum atomic E-state index is 12.8. The third-order valence-corrected chi connectivity index (χ3v) is 6.37. The van der Waals surface area contributed by atoms with Crippen LogP contribution in [0.5, 0.6) is 5.75 Å². The quantitative estimate of drug-likeness (QED) is 0.632. The van der Waals surface area contributed by atoms with Gasteiger partial charge in [-0.1, -0.05) is 29.8 Å². The van der Waals surface area contributed by atoms with E-state index < -0.39 is 0 Å². The molecule has 2 aliphatic rings. The van der Waals surface area contributed by atoms with Gasteiger partial charge in [-0.05, 0) is 43.2 Å². The molecule has 1 saturated heterocycles. The number of amides is 1. The summed E-state index contributed by atoms with van der Waals surface area (Å²) in [6.45, 7) is 9.82. The van der Waals surface area contributed by atoms with Crippen molar-refractivity contribution in [3.63, 3.8) is 0 Å². The van der Waals surface area contributed by atoms with Crippen LogP contribution in [0.3, 0.4) is 0 Å². The van der Waals surface area contributed by atoms with Crippen LogP contribution >= 0.6 is 0 Å². The third kappa shape index (κ3) is 5.10. The first-order valence-electron chi connectivity index (χ1n) is 11.7. The maximum absolute atomic E-state index is 12.8. The van der Waals surface area contributed by atoms with Crippen LogP contribution in [0.4, 0.5) is 5.82 Å². The van der Waals surface area contributed by atoms with Gasteiger partial charge in [-0.3, -0.25) is 14.6 Å². The second-order valence-corrected chi connectivity index (χ2v) is 9.06. The van der Waals surface area contributed by atoms with Crippen LogP contribution in [-0.2, 0) is 17.8 Å². The number of carbonyl (C=O) groups is 1. The highest BCUT2D eigenvalue weighted by atomic mass is 16.5. The zero-order chi connectivity index (χ0) is 22.8. The summed E-state index contributed by atoms with van der Waals surface area (Å²) >= 11 is 0. The number of carbonyl (C=O) groups excluding carboxylic acids is 1. The largest absolute Gasteiger partial charge is 0.493 e. The van der Waals surface area contributed by atoms with E-state index in [1.165, 1.54) is 16.7 Å². The summed E-state index contributed by atoms with van der Waals surface area (Å²) < 4.78 is 7.41. The third-order valence-electron chi connectivity index (χ3n) is 6.37. The molecule has 7 nitrogen and oxygen atoms in total. The Hall–Kier alpha value is -3.16. The highest BCUT2D eigenvalue weighted by molar-refractivity contribution is 5.91. The van der Waals surface area contributed by atoms with Gasteiger partial charge in [0.15, 0.2) is 0 Å². The van der Waals surface area contributed by atoms with E-state index in [9.17, 15) is 4.79 Å². The van der Waals surface area contributed by atoms with Crippen molar-refractivity contribution in [2.24, 2.45) is 0 Å². The van der Waals surface area contributed by atoms with Crippen LogP contribution in [0.25, 0.3) is 5.69 Å². The summed E-state index contributed by atoms with van der Waals surface area (Å²) in [6, 6.07) is 16.6. The Kier molecular flexibility index (Phi) is 6.15. The van der Waals surface area contributed by atoms with Crippen molar-refractivity contribution in [3.8, 4) is 11.4 Å². The molecule has 2 aliphatic heterocycles. The van der Waals surface area contributed by atoms with Crippen LogP contribution in [0.2, 0.25) is 0 Å². The molecule has 2 aromatic carbocycles. The molecule has 0 atom stereocenters. The first kappa shape index (κ1) is 21.7. The van der Waals surface area contributed by atoms with Crippen molar-refractivity contribution >= 4 is 11.7 Å². The van der Waals surface area contributed by atoms with E-state index in [0.717, 1.165) is 62.9 Å². The molecule has 33 heavy (non-hydrogen) atoms. The first-order chi connectivity index (χ1) is 16.0. The number of anilines is 1. The number of nitrogens with zero attached hydrogens (tertiary/aromatic N) is 4. The minimum absolute atomic E-state index is 0.00432. The normalized spacial score (nSPS) is 16.4. The lowest BCUT2D eigenvalue weighted by molar-refractivity contribution is -0.117. The van der Waals surface area contributed by atoms with Crippen LogP contribution < -0.4 is 10.1 Å². The van der Waals surface area contributed by atoms with E-state index in [0.29, 0.717) is 12.4 Å². The van der Waals surface area contributed by atoms with Gasteiger partial charge in [-0.15, -0.1) is 0 Å². The lowest BCUT2D eigenvalue weighted by Gasteiger charge is -2.34. The Morgan fingerprint density at radius 2 is 1.76 bits per heavy atom. The minimum atomic E-state index is -0.00432. The summed E-state index contributed by atoms with van der Waals surface area (Å²) in [5.74, 6) is 1.74. The molecule has 0 unspecified atom stereocenters. The molecule has 1 N–H and O–H groups in total. The van der Waals surface area contributed by atoms with Crippen LogP contribution in [0.15, 0.2) is 48.5 Å². The number of rotatable bonds is 6. The molecule has 7 heteroatoms. The van der Waals surface area contributed by atoms with Crippen LogP contribution in [0.1, 0.15) is 22.4 Å². The zero-order valence-electron chi connectivity index (χ0n) is 19.4. The highest BCUT2D eigenvalue weighted by Gasteiger charge is 2.21. The molecule has 1 aromatic heterocycles. The molecule has 0 radical (unpaired) electrons. The minimum Gasteiger partial charge on any atom is -0.493 e. The molecule has 172 valence electrons. The Labute approximate surface area is 195 Å². The number of benzene rings is 2. The fourth-order valence-corrected chi connectivity index (χ4v) is 4.56. The molecule has 1 fully saturated rings. The molecule has 0 aliphatic carbocycles. The average molecular weight is 446 g/mol.